The third-order valence-electron chi connectivity index (χ3n) is 4.25. The number of Topliss-reactive ketones (excluding diaryl/α,β-unsaturated/α-hetero) is 1. The molecule has 1 aromatic carbocycles. The maximum Gasteiger partial charge on any atom is 0.152 e. The summed E-state index contributed by atoms with van der Waals surface area (Å²) in [5.74, 6) is 0.496. The highest BCUT2D eigenvalue weighted by molar-refractivity contribution is 7.91. The normalized spacial score (nSPS) is 11.7. The molecule has 5 heteroatoms. The average Bonchev–Trinajstić information content (AvgIpc) is 2.52. The van der Waals surface area contributed by atoms with E-state index in [9.17, 15) is 13.2 Å². The van der Waals surface area contributed by atoms with Crippen molar-refractivity contribution in [3.05, 3.63) is 29.8 Å². The maximum absolute atomic E-state index is 11.9. The molecule has 0 aromatic heterocycles. The Hall–Kier alpha value is -1.36. The van der Waals surface area contributed by atoms with E-state index in [4.69, 9.17) is 0 Å². The topological polar surface area (TPSA) is 54.5 Å². The van der Waals surface area contributed by atoms with Crippen LogP contribution in [0.1, 0.15) is 51.5 Å². The van der Waals surface area contributed by atoms with E-state index >= 15 is 0 Å². The van der Waals surface area contributed by atoms with Gasteiger partial charge in [-0.2, -0.15) is 0 Å². The Bertz CT molecular complexity index is 604. The number of unbranched alkanes of at least 4 members (excludes halogenated alkanes) is 2. The standard InChI is InChI=1S/C19H31NO3S/c1-16(2)24(22,23)15-7-5-6-8-19(21)14-11-17-9-12-18(13-10-17)20(3)4/h9-10,12-13,16H,5-8,11,14-15H2,1-4H3. The summed E-state index contributed by atoms with van der Waals surface area (Å²) >= 11 is 0. The Kier molecular flexibility index (Phi) is 8.46. The molecule has 0 saturated carbocycles. The Morgan fingerprint density at radius 3 is 2.17 bits per heavy atom. The fraction of sp³-hybridized carbons (Fsp3) is 0.632. The number of nitrogens with zero attached hydrogens (tertiary/aromatic N) is 1. The first-order valence-corrected chi connectivity index (χ1v) is 10.4. The molecule has 0 radical (unpaired) electrons. The zero-order chi connectivity index (χ0) is 18.2. The van der Waals surface area contributed by atoms with Crippen molar-refractivity contribution in [1.29, 1.82) is 0 Å². The first-order chi connectivity index (χ1) is 11.2. The number of ketones is 1. The molecule has 0 aliphatic carbocycles. The van der Waals surface area contributed by atoms with Gasteiger partial charge in [0, 0.05) is 32.6 Å². The van der Waals surface area contributed by atoms with Crippen molar-refractivity contribution in [1.82, 2.24) is 0 Å². The lowest BCUT2D eigenvalue weighted by Gasteiger charge is -2.12. The Morgan fingerprint density at radius 2 is 1.62 bits per heavy atom. The SMILES string of the molecule is CC(C)S(=O)(=O)CCCCCC(=O)CCc1ccc(N(C)C)cc1. The number of aryl methyl sites for hydroxylation is 1. The zero-order valence-corrected chi connectivity index (χ0v) is 16.2. The second-order valence-corrected chi connectivity index (χ2v) is 9.50. The van der Waals surface area contributed by atoms with Gasteiger partial charge in [-0.25, -0.2) is 8.42 Å². The van der Waals surface area contributed by atoms with Crippen LogP contribution in [0.5, 0.6) is 0 Å². The number of benzene rings is 1. The summed E-state index contributed by atoms with van der Waals surface area (Å²) in [6, 6.07) is 8.27. The van der Waals surface area contributed by atoms with E-state index in [1.165, 1.54) is 5.56 Å². The van der Waals surface area contributed by atoms with Crippen molar-refractivity contribution in [2.24, 2.45) is 0 Å². The van der Waals surface area contributed by atoms with E-state index in [1.807, 2.05) is 14.1 Å². The van der Waals surface area contributed by atoms with Gasteiger partial charge in [-0.1, -0.05) is 18.6 Å². The molecule has 0 aliphatic rings. The predicted molar refractivity (Wildman–Crippen MR) is 101 cm³/mol. The van der Waals surface area contributed by atoms with Crippen LogP contribution in [0.4, 0.5) is 5.69 Å². The van der Waals surface area contributed by atoms with Crippen LogP contribution in [-0.4, -0.2) is 39.3 Å². The van der Waals surface area contributed by atoms with Gasteiger partial charge in [0.2, 0.25) is 0 Å². The summed E-state index contributed by atoms with van der Waals surface area (Å²) in [5.41, 5.74) is 2.33. The van der Waals surface area contributed by atoms with Crippen molar-refractivity contribution in [3.63, 3.8) is 0 Å². The number of carbonyl (C=O) groups excluding carboxylic acids is 1. The average molecular weight is 354 g/mol. The van der Waals surface area contributed by atoms with Crippen LogP contribution in [0.3, 0.4) is 0 Å². The van der Waals surface area contributed by atoms with Gasteiger partial charge >= 0.3 is 0 Å². The molecule has 0 amide bonds. The number of rotatable bonds is 11. The molecule has 0 atom stereocenters. The minimum atomic E-state index is -2.94. The van der Waals surface area contributed by atoms with Crippen molar-refractivity contribution in [2.75, 3.05) is 24.7 Å². The predicted octanol–water partition coefficient (Wildman–Crippen LogP) is 3.64. The third kappa shape index (κ3) is 7.47. The summed E-state index contributed by atoms with van der Waals surface area (Å²) in [6.45, 7) is 3.42. The molecule has 0 heterocycles. The minimum absolute atomic E-state index is 0.233. The van der Waals surface area contributed by atoms with Gasteiger partial charge in [0.05, 0.1) is 11.0 Å². The lowest BCUT2D eigenvalue weighted by molar-refractivity contribution is -0.119. The van der Waals surface area contributed by atoms with E-state index < -0.39 is 9.84 Å². The van der Waals surface area contributed by atoms with Gasteiger partial charge in [-0.3, -0.25) is 4.79 Å². The largest absolute Gasteiger partial charge is 0.378 e. The van der Waals surface area contributed by atoms with Crippen molar-refractivity contribution in [2.45, 2.75) is 57.6 Å². The molecule has 0 bridgehead atoms. The van der Waals surface area contributed by atoms with Crippen LogP contribution in [-0.2, 0) is 21.1 Å². The summed E-state index contributed by atoms with van der Waals surface area (Å²) in [4.78, 5) is 14.0. The number of sulfone groups is 1. The molecule has 4 nitrogen and oxygen atoms in total. The van der Waals surface area contributed by atoms with Crippen molar-refractivity contribution in [3.8, 4) is 0 Å². The fourth-order valence-electron chi connectivity index (χ4n) is 2.41. The summed E-state index contributed by atoms with van der Waals surface area (Å²) in [7, 11) is 1.07. The maximum atomic E-state index is 11.9. The van der Waals surface area contributed by atoms with E-state index in [1.54, 1.807) is 13.8 Å². The molecule has 24 heavy (non-hydrogen) atoms. The second kappa shape index (κ2) is 9.82. The fourth-order valence-corrected chi connectivity index (χ4v) is 3.49. The molecule has 0 aliphatic heterocycles. The van der Waals surface area contributed by atoms with Crippen molar-refractivity contribution >= 4 is 21.3 Å². The smallest absolute Gasteiger partial charge is 0.152 e. The van der Waals surface area contributed by atoms with Crippen LogP contribution >= 0.6 is 0 Å². The molecule has 0 saturated heterocycles. The highest BCUT2D eigenvalue weighted by atomic mass is 32.2. The summed E-state index contributed by atoms with van der Waals surface area (Å²) in [6.07, 6.45) is 4.12. The molecule has 136 valence electrons. The van der Waals surface area contributed by atoms with Crippen LogP contribution in [0.25, 0.3) is 0 Å². The second-order valence-electron chi connectivity index (χ2n) is 6.83. The highest BCUT2D eigenvalue weighted by Gasteiger charge is 2.15. The van der Waals surface area contributed by atoms with E-state index in [2.05, 4.69) is 29.2 Å². The summed E-state index contributed by atoms with van der Waals surface area (Å²) in [5, 5.41) is -0.307. The van der Waals surface area contributed by atoms with Crippen LogP contribution in [0, 0.1) is 0 Å². The number of anilines is 1. The molecule has 0 fully saturated rings. The number of hydrogen-bond acceptors (Lipinski definition) is 4. The Balaban J connectivity index is 2.20. The van der Waals surface area contributed by atoms with Crippen molar-refractivity contribution < 1.29 is 13.2 Å². The summed E-state index contributed by atoms with van der Waals surface area (Å²) < 4.78 is 23.4. The molecular weight excluding hydrogens is 322 g/mol. The zero-order valence-electron chi connectivity index (χ0n) is 15.4. The number of hydrogen-bond donors (Lipinski definition) is 0. The van der Waals surface area contributed by atoms with Gasteiger partial charge in [0.1, 0.15) is 5.78 Å². The monoisotopic (exact) mass is 353 g/mol. The highest BCUT2D eigenvalue weighted by Crippen LogP contribution is 2.14. The Labute approximate surface area is 147 Å². The van der Waals surface area contributed by atoms with Gasteiger partial charge < -0.3 is 4.90 Å². The van der Waals surface area contributed by atoms with Gasteiger partial charge in [-0.15, -0.1) is 0 Å². The first kappa shape index (κ1) is 20.7. The van der Waals surface area contributed by atoms with Gasteiger partial charge in [-0.05, 0) is 50.8 Å². The third-order valence-corrected chi connectivity index (χ3v) is 6.54. The van der Waals surface area contributed by atoms with Gasteiger partial charge in [0.15, 0.2) is 9.84 Å². The van der Waals surface area contributed by atoms with Crippen LogP contribution in [0.15, 0.2) is 24.3 Å². The molecule has 0 spiro atoms. The molecule has 1 rings (SSSR count). The molecule has 0 N–H and O–H groups in total. The molecule has 0 unspecified atom stereocenters. The number of carbonyl (C=O) groups is 1. The van der Waals surface area contributed by atoms with E-state index in [0.29, 0.717) is 19.3 Å². The van der Waals surface area contributed by atoms with E-state index in [0.717, 1.165) is 24.9 Å². The van der Waals surface area contributed by atoms with Gasteiger partial charge in [0.25, 0.3) is 0 Å². The minimum Gasteiger partial charge on any atom is -0.378 e. The lowest BCUT2D eigenvalue weighted by atomic mass is 10.0. The van der Waals surface area contributed by atoms with Crippen LogP contribution in [0.2, 0.25) is 0 Å². The first-order valence-electron chi connectivity index (χ1n) is 8.72. The van der Waals surface area contributed by atoms with Crippen LogP contribution < -0.4 is 4.90 Å². The molecular formula is C19H31NO3S. The quantitative estimate of drug-likeness (QED) is 0.570. The Morgan fingerprint density at radius 1 is 1.00 bits per heavy atom. The lowest BCUT2D eigenvalue weighted by Crippen LogP contribution is -2.17. The van der Waals surface area contributed by atoms with E-state index in [-0.39, 0.29) is 16.8 Å². The molecule has 1 aromatic rings.